The number of esters is 1. The summed E-state index contributed by atoms with van der Waals surface area (Å²) in [4.78, 5) is 22.5. The predicted molar refractivity (Wildman–Crippen MR) is 97.3 cm³/mol. The van der Waals surface area contributed by atoms with Gasteiger partial charge in [0.1, 0.15) is 5.69 Å². The molecule has 0 unspecified atom stereocenters. The maximum Gasteiger partial charge on any atom is 0.310 e. The van der Waals surface area contributed by atoms with Crippen molar-refractivity contribution in [2.45, 2.75) is 27.2 Å². The number of nitrogens with one attached hydrogen (secondary N) is 1. The fourth-order valence-electron chi connectivity index (χ4n) is 2.72. The smallest absolute Gasteiger partial charge is 0.310 e. The molecule has 134 valence electrons. The molecule has 0 saturated heterocycles. The highest BCUT2D eigenvalue weighted by Crippen LogP contribution is 2.34. The quantitative estimate of drug-likeness (QED) is 0.479. The van der Waals surface area contributed by atoms with Crippen molar-refractivity contribution >= 4 is 23.0 Å². The summed E-state index contributed by atoms with van der Waals surface area (Å²) in [5.41, 5.74) is 2.94. The summed E-state index contributed by atoms with van der Waals surface area (Å²) in [7, 11) is 0. The SMILES string of the molecule is CCOC(=O)Cc1ccc(Nc2cc(C)c(C#N)c(C)c2[N+](=O)[O-])cc1. The molecule has 0 heterocycles. The van der Waals surface area contributed by atoms with Gasteiger partial charge in [-0.1, -0.05) is 12.1 Å². The van der Waals surface area contributed by atoms with Crippen LogP contribution in [0.4, 0.5) is 17.1 Å². The standard InChI is InChI=1S/C19H19N3O4/c1-4-26-18(23)10-14-5-7-15(8-6-14)21-17-9-12(2)16(11-20)13(3)19(17)22(24)25/h5-9,21H,4,10H2,1-3H3. The largest absolute Gasteiger partial charge is 0.466 e. The lowest BCUT2D eigenvalue weighted by Gasteiger charge is -2.12. The van der Waals surface area contributed by atoms with Crippen molar-refractivity contribution < 1.29 is 14.5 Å². The van der Waals surface area contributed by atoms with Crippen molar-refractivity contribution in [3.8, 4) is 6.07 Å². The molecule has 26 heavy (non-hydrogen) atoms. The maximum absolute atomic E-state index is 11.5. The van der Waals surface area contributed by atoms with E-state index in [1.807, 2.05) is 6.07 Å². The van der Waals surface area contributed by atoms with Crippen molar-refractivity contribution in [3.63, 3.8) is 0 Å². The molecular weight excluding hydrogens is 334 g/mol. The number of anilines is 2. The Hall–Kier alpha value is -3.40. The van der Waals surface area contributed by atoms with Crippen molar-refractivity contribution in [2.24, 2.45) is 0 Å². The average molecular weight is 353 g/mol. The third-order valence-corrected chi connectivity index (χ3v) is 3.92. The first-order valence-corrected chi connectivity index (χ1v) is 8.07. The number of nitro groups is 1. The number of carbonyl (C=O) groups is 1. The van der Waals surface area contributed by atoms with E-state index in [0.717, 1.165) is 5.56 Å². The number of carbonyl (C=O) groups excluding carboxylic acids is 1. The van der Waals surface area contributed by atoms with Crippen LogP contribution in [0.15, 0.2) is 30.3 Å². The molecule has 0 amide bonds. The summed E-state index contributed by atoms with van der Waals surface area (Å²) >= 11 is 0. The molecule has 1 N–H and O–H groups in total. The van der Waals surface area contributed by atoms with Gasteiger partial charge in [0.25, 0.3) is 5.69 Å². The summed E-state index contributed by atoms with van der Waals surface area (Å²) in [5.74, 6) is -0.304. The Morgan fingerprint density at radius 3 is 2.50 bits per heavy atom. The number of nitro benzene ring substituents is 1. The number of nitrogens with zero attached hydrogens (tertiary/aromatic N) is 2. The zero-order chi connectivity index (χ0) is 19.3. The molecule has 0 aromatic heterocycles. The molecule has 0 aliphatic carbocycles. The molecule has 0 atom stereocenters. The third-order valence-electron chi connectivity index (χ3n) is 3.92. The fourth-order valence-corrected chi connectivity index (χ4v) is 2.72. The van der Waals surface area contributed by atoms with Gasteiger partial charge in [-0.05, 0) is 50.1 Å². The van der Waals surface area contributed by atoms with E-state index in [-0.39, 0.29) is 18.1 Å². The first-order valence-electron chi connectivity index (χ1n) is 8.07. The van der Waals surface area contributed by atoms with Crippen LogP contribution in [0, 0.1) is 35.3 Å². The van der Waals surface area contributed by atoms with Crippen LogP contribution in [-0.4, -0.2) is 17.5 Å². The highest BCUT2D eigenvalue weighted by atomic mass is 16.6. The van der Waals surface area contributed by atoms with Gasteiger partial charge in [-0.3, -0.25) is 14.9 Å². The highest BCUT2D eigenvalue weighted by Gasteiger charge is 2.22. The summed E-state index contributed by atoms with van der Waals surface area (Å²) < 4.78 is 4.91. The van der Waals surface area contributed by atoms with Gasteiger partial charge in [-0.25, -0.2) is 0 Å². The molecule has 0 saturated carbocycles. The summed E-state index contributed by atoms with van der Waals surface area (Å²) in [5, 5.41) is 23.7. The van der Waals surface area contributed by atoms with Gasteiger partial charge in [0.15, 0.2) is 0 Å². The van der Waals surface area contributed by atoms with Crippen LogP contribution in [0.3, 0.4) is 0 Å². The minimum atomic E-state index is -0.493. The van der Waals surface area contributed by atoms with Gasteiger partial charge in [0.2, 0.25) is 0 Å². The molecule has 0 radical (unpaired) electrons. The number of ether oxygens (including phenoxy) is 1. The minimum Gasteiger partial charge on any atom is -0.466 e. The molecule has 2 aromatic rings. The fraction of sp³-hybridized carbons (Fsp3) is 0.263. The van der Waals surface area contributed by atoms with E-state index < -0.39 is 4.92 Å². The predicted octanol–water partition coefficient (Wildman–Crippen LogP) is 3.93. The zero-order valence-electron chi connectivity index (χ0n) is 14.8. The van der Waals surface area contributed by atoms with Crippen molar-refractivity contribution in [1.82, 2.24) is 0 Å². The van der Waals surface area contributed by atoms with Crippen LogP contribution >= 0.6 is 0 Å². The van der Waals surface area contributed by atoms with E-state index >= 15 is 0 Å². The number of rotatable bonds is 6. The second-order valence-electron chi connectivity index (χ2n) is 5.76. The lowest BCUT2D eigenvalue weighted by molar-refractivity contribution is -0.384. The third kappa shape index (κ3) is 4.16. The summed E-state index contributed by atoms with van der Waals surface area (Å²) in [6.07, 6.45) is 0.170. The van der Waals surface area contributed by atoms with E-state index in [1.165, 1.54) is 0 Å². The first kappa shape index (κ1) is 18.9. The van der Waals surface area contributed by atoms with E-state index in [4.69, 9.17) is 4.74 Å². The minimum absolute atomic E-state index is 0.122. The van der Waals surface area contributed by atoms with Gasteiger partial charge in [-0.15, -0.1) is 0 Å². The highest BCUT2D eigenvalue weighted by molar-refractivity contribution is 5.76. The Bertz CT molecular complexity index is 883. The summed E-state index contributed by atoms with van der Waals surface area (Å²) in [6, 6.07) is 10.6. The van der Waals surface area contributed by atoms with Crippen LogP contribution in [0.25, 0.3) is 0 Å². The Morgan fingerprint density at radius 1 is 1.31 bits per heavy atom. The monoisotopic (exact) mass is 353 g/mol. The lowest BCUT2D eigenvalue weighted by Crippen LogP contribution is -2.07. The Kier molecular flexibility index (Phi) is 5.91. The van der Waals surface area contributed by atoms with Crippen LogP contribution in [-0.2, 0) is 16.0 Å². The van der Waals surface area contributed by atoms with Gasteiger partial charge in [0, 0.05) is 11.3 Å². The molecule has 0 aliphatic heterocycles. The van der Waals surface area contributed by atoms with E-state index in [1.54, 1.807) is 51.1 Å². The van der Waals surface area contributed by atoms with E-state index in [0.29, 0.717) is 34.7 Å². The topological polar surface area (TPSA) is 105 Å². The molecule has 0 fully saturated rings. The Balaban J connectivity index is 2.30. The molecule has 2 aromatic carbocycles. The number of hydrogen-bond acceptors (Lipinski definition) is 6. The number of aryl methyl sites for hydroxylation is 1. The van der Waals surface area contributed by atoms with Gasteiger partial charge >= 0.3 is 5.97 Å². The van der Waals surface area contributed by atoms with E-state index in [9.17, 15) is 20.2 Å². The second-order valence-corrected chi connectivity index (χ2v) is 5.76. The van der Waals surface area contributed by atoms with Crippen LogP contribution < -0.4 is 5.32 Å². The first-order chi connectivity index (χ1) is 12.4. The van der Waals surface area contributed by atoms with Gasteiger partial charge in [-0.2, -0.15) is 5.26 Å². The lowest BCUT2D eigenvalue weighted by atomic mass is 10.0. The number of hydrogen-bond donors (Lipinski definition) is 1. The maximum atomic E-state index is 11.5. The van der Waals surface area contributed by atoms with Crippen molar-refractivity contribution in [2.75, 3.05) is 11.9 Å². The van der Waals surface area contributed by atoms with Crippen LogP contribution in [0.2, 0.25) is 0 Å². The average Bonchev–Trinajstić information content (AvgIpc) is 2.56. The molecule has 2 rings (SSSR count). The van der Waals surface area contributed by atoms with Gasteiger partial charge in [0.05, 0.1) is 29.6 Å². The molecule has 7 heteroatoms. The van der Waals surface area contributed by atoms with Crippen LogP contribution in [0.5, 0.6) is 0 Å². The molecular formula is C19H19N3O4. The van der Waals surface area contributed by atoms with Gasteiger partial charge < -0.3 is 10.1 Å². The summed E-state index contributed by atoms with van der Waals surface area (Å²) in [6.45, 7) is 5.39. The van der Waals surface area contributed by atoms with E-state index in [2.05, 4.69) is 5.32 Å². The van der Waals surface area contributed by atoms with Crippen LogP contribution in [0.1, 0.15) is 29.2 Å². The Morgan fingerprint density at radius 2 is 1.96 bits per heavy atom. The molecule has 7 nitrogen and oxygen atoms in total. The van der Waals surface area contributed by atoms with Crippen molar-refractivity contribution in [3.05, 3.63) is 62.7 Å². The normalized spacial score (nSPS) is 10.1. The zero-order valence-corrected chi connectivity index (χ0v) is 14.8. The Labute approximate surface area is 151 Å². The molecule has 0 spiro atoms. The second kappa shape index (κ2) is 8.12. The number of nitriles is 1. The molecule has 0 aliphatic rings. The molecule has 0 bridgehead atoms. The van der Waals surface area contributed by atoms with Crippen molar-refractivity contribution in [1.29, 1.82) is 5.26 Å². The number of benzene rings is 2.